The molecule has 11 nitrogen and oxygen atoms in total. The van der Waals surface area contributed by atoms with Gasteiger partial charge in [-0.25, -0.2) is 4.98 Å². The molecule has 1 aliphatic heterocycles. The molecule has 1 saturated heterocycles. The van der Waals surface area contributed by atoms with Crippen molar-refractivity contribution in [2.45, 2.75) is 64.1 Å². The number of fused-ring (bicyclic) bond motifs is 1. The number of pyridine rings is 1. The number of amides is 4. The molecule has 3 atom stereocenters. The summed E-state index contributed by atoms with van der Waals surface area (Å²) in [6.45, 7) is 5.76. The second-order valence-electron chi connectivity index (χ2n) is 11.5. The third-order valence-electron chi connectivity index (χ3n) is 6.82. The van der Waals surface area contributed by atoms with Gasteiger partial charge in [0.05, 0.1) is 6.04 Å². The molecule has 42 heavy (non-hydrogen) atoms. The average Bonchev–Trinajstić information content (AvgIpc) is 3.36. The second-order valence-corrected chi connectivity index (χ2v) is 12.4. The van der Waals surface area contributed by atoms with E-state index in [4.69, 9.17) is 0 Å². The minimum atomic E-state index is -1.27. The minimum Gasteiger partial charge on any atom is -0.356 e. The van der Waals surface area contributed by atoms with Crippen molar-refractivity contribution >= 4 is 51.0 Å². The van der Waals surface area contributed by atoms with Gasteiger partial charge in [-0.1, -0.05) is 30.3 Å². The Bertz CT molecular complexity index is 1480. The first-order valence-corrected chi connectivity index (χ1v) is 14.6. The molecule has 0 spiro atoms. The molecule has 2 unspecified atom stereocenters. The second kappa shape index (κ2) is 13.3. The number of piperidine rings is 1. The molecular formula is C30H35BrN6O5. The molecular weight excluding hydrogens is 604 g/mol. The lowest BCUT2D eigenvalue weighted by Crippen LogP contribution is -2.57. The topological polar surface area (TPSA) is 151 Å². The third-order valence-corrected chi connectivity index (χ3v) is 7.29. The highest BCUT2D eigenvalue weighted by Crippen LogP contribution is 2.19. The summed E-state index contributed by atoms with van der Waals surface area (Å²) in [5.74, 6) is -3.72. The smallest absolute Gasteiger partial charge is 0.290 e. The van der Waals surface area contributed by atoms with E-state index >= 15 is 0 Å². The van der Waals surface area contributed by atoms with Crippen molar-refractivity contribution in [1.29, 1.82) is 0 Å². The van der Waals surface area contributed by atoms with Gasteiger partial charge in [-0.15, -0.1) is 0 Å². The number of imidazole rings is 1. The lowest BCUT2D eigenvalue weighted by Gasteiger charge is -2.28. The van der Waals surface area contributed by atoms with Crippen LogP contribution in [0.25, 0.3) is 5.65 Å². The van der Waals surface area contributed by atoms with Gasteiger partial charge in [-0.05, 0) is 73.7 Å². The van der Waals surface area contributed by atoms with Gasteiger partial charge < -0.3 is 25.7 Å². The van der Waals surface area contributed by atoms with Crippen molar-refractivity contribution in [3.05, 3.63) is 70.6 Å². The van der Waals surface area contributed by atoms with Crippen LogP contribution in [0.4, 0.5) is 0 Å². The zero-order chi connectivity index (χ0) is 30.4. The lowest BCUT2D eigenvalue weighted by molar-refractivity contribution is -0.142. The summed E-state index contributed by atoms with van der Waals surface area (Å²) in [4.78, 5) is 70.0. The maximum Gasteiger partial charge on any atom is 0.290 e. The van der Waals surface area contributed by atoms with E-state index in [0.717, 1.165) is 16.5 Å². The number of Topliss-reactive ketones (excluding diaryl/α,β-unsaturated/α-hetero) is 1. The highest BCUT2D eigenvalue weighted by Gasteiger charge is 2.36. The maximum absolute atomic E-state index is 13.7. The summed E-state index contributed by atoms with van der Waals surface area (Å²) in [7, 11) is 0. The summed E-state index contributed by atoms with van der Waals surface area (Å²) < 4.78 is 2.49. The fourth-order valence-corrected chi connectivity index (χ4v) is 5.13. The Kier molecular flexibility index (Phi) is 9.77. The maximum atomic E-state index is 13.7. The largest absolute Gasteiger partial charge is 0.356 e. The van der Waals surface area contributed by atoms with Crippen molar-refractivity contribution in [2.24, 2.45) is 5.92 Å². The zero-order valence-corrected chi connectivity index (χ0v) is 25.4. The molecule has 0 bridgehead atoms. The number of rotatable bonds is 10. The molecule has 1 fully saturated rings. The number of hydrogen-bond acceptors (Lipinski definition) is 6. The van der Waals surface area contributed by atoms with E-state index in [1.807, 2.05) is 30.3 Å². The van der Waals surface area contributed by atoms with Crippen LogP contribution in [0.3, 0.4) is 0 Å². The van der Waals surface area contributed by atoms with Crippen molar-refractivity contribution in [3.8, 4) is 0 Å². The van der Waals surface area contributed by atoms with Crippen LogP contribution in [0, 0.1) is 5.92 Å². The number of aromatic nitrogens is 2. The fourth-order valence-electron chi connectivity index (χ4n) is 4.77. The van der Waals surface area contributed by atoms with Crippen LogP contribution >= 0.6 is 15.9 Å². The minimum absolute atomic E-state index is 0.0404. The number of nitrogens with zero attached hydrogens (tertiary/aromatic N) is 2. The highest BCUT2D eigenvalue weighted by molar-refractivity contribution is 9.10. The first kappa shape index (κ1) is 30.9. The molecule has 0 saturated carbocycles. The quantitative estimate of drug-likeness (QED) is 0.250. The van der Waals surface area contributed by atoms with E-state index in [1.54, 1.807) is 49.7 Å². The van der Waals surface area contributed by atoms with Crippen LogP contribution < -0.4 is 21.3 Å². The molecule has 222 valence electrons. The third kappa shape index (κ3) is 8.25. The van der Waals surface area contributed by atoms with Crippen molar-refractivity contribution in [1.82, 2.24) is 30.7 Å². The van der Waals surface area contributed by atoms with Crippen molar-refractivity contribution in [3.63, 3.8) is 0 Å². The molecule has 12 heteroatoms. The Morgan fingerprint density at radius 1 is 1.05 bits per heavy atom. The molecule has 3 aromatic rings. The molecule has 0 aliphatic carbocycles. The van der Waals surface area contributed by atoms with Crippen LogP contribution in [0.2, 0.25) is 0 Å². The average molecular weight is 640 g/mol. The summed E-state index contributed by atoms with van der Waals surface area (Å²) in [6, 6.07) is 10.3. The van der Waals surface area contributed by atoms with Crippen LogP contribution in [0.5, 0.6) is 0 Å². The zero-order valence-electron chi connectivity index (χ0n) is 23.8. The van der Waals surface area contributed by atoms with Gasteiger partial charge >= 0.3 is 0 Å². The Hall–Kier alpha value is -4.06. The number of benzene rings is 1. The van der Waals surface area contributed by atoms with E-state index in [-0.39, 0.29) is 24.4 Å². The highest BCUT2D eigenvalue weighted by atomic mass is 79.9. The Labute approximate surface area is 252 Å². The number of halogens is 1. The van der Waals surface area contributed by atoms with Crippen LogP contribution in [0.1, 0.15) is 56.1 Å². The first-order valence-electron chi connectivity index (χ1n) is 13.8. The van der Waals surface area contributed by atoms with E-state index in [9.17, 15) is 24.0 Å². The molecule has 4 amide bonds. The summed E-state index contributed by atoms with van der Waals surface area (Å²) in [5, 5.41) is 10.9. The molecule has 1 aromatic carbocycles. The number of nitrogens with one attached hydrogen (secondary N) is 4. The lowest BCUT2D eigenvalue weighted by atomic mass is 9.89. The number of ketones is 1. The standard InChI is InChI=1S/C30H35BrN6O5/c1-30(2,3)36-29(42)25(38)21(15-19-10-7-13-32-26(19)39)34-27(40)22(14-18-8-5-4-6-9-18)35-28(41)23-17-37-16-20(31)11-12-24(37)33-23/h4-6,8-9,11-12,16-17,19,21-22H,7,10,13-15H2,1-3H3,(H,32,39)(H,34,40)(H,35,41)(H,36,42)/t19-,21?,22?/m0/s1. The van der Waals surface area contributed by atoms with E-state index in [2.05, 4.69) is 42.2 Å². The predicted octanol–water partition coefficient (Wildman–Crippen LogP) is 2.32. The molecule has 4 N–H and O–H groups in total. The van der Waals surface area contributed by atoms with Gasteiger partial charge in [0.2, 0.25) is 17.6 Å². The van der Waals surface area contributed by atoms with Crippen LogP contribution in [-0.4, -0.2) is 63.0 Å². The fraction of sp³-hybridized carbons (Fsp3) is 0.400. The summed E-state index contributed by atoms with van der Waals surface area (Å²) in [6.07, 6.45) is 4.64. The Morgan fingerprint density at radius 2 is 1.79 bits per heavy atom. The predicted molar refractivity (Wildman–Crippen MR) is 159 cm³/mol. The number of carbonyl (C=O) groups is 5. The summed E-state index contributed by atoms with van der Waals surface area (Å²) in [5.41, 5.74) is 0.748. The van der Waals surface area contributed by atoms with Gasteiger partial charge in [0.1, 0.15) is 17.4 Å². The van der Waals surface area contributed by atoms with Gasteiger partial charge in [0.25, 0.3) is 11.8 Å². The molecule has 1 aliphatic rings. The monoisotopic (exact) mass is 638 g/mol. The van der Waals surface area contributed by atoms with Gasteiger partial charge in [-0.2, -0.15) is 0 Å². The Morgan fingerprint density at radius 3 is 2.48 bits per heavy atom. The first-order chi connectivity index (χ1) is 19.9. The van der Waals surface area contributed by atoms with E-state index in [1.165, 1.54) is 0 Å². The molecule has 0 radical (unpaired) electrons. The van der Waals surface area contributed by atoms with Gasteiger partial charge in [-0.3, -0.25) is 24.0 Å². The summed E-state index contributed by atoms with van der Waals surface area (Å²) >= 11 is 3.39. The number of hydrogen-bond donors (Lipinski definition) is 4. The molecule has 2 aromatic heterocycles. The van der Waals surface area contributed by atoms with E-state index in [0.29, 0.717) is 18.6 Å². The Balaban J connectivity index is 1.58. The van der Waals surface area contributed by atoms with Gasteiger partial charge in [0.15, 0.2) is 0 Å². The molecule has 3 heterocycles. The van der Waals surface area contributed by atoms with E-state index < -0.39 is 47.0 Å². The van der Waals surface area contributed by atoms with Crippen LogP contribution in [-0.2, 0) is 25.6 Å². The van der Waals surface area contributed by atoms with Gasteiger partial charge in [0, 0.05) is 41.3 Å². The number of carbonyl (C=O) groups excluding carboxylic acids is 5. The van der Waals surface area contributed by atoms with Crippen molar-refractivity contribution < 1.29 is 24.0 Å². The molecule has 4 rings (SSSR count). The SMILES string of the molecule is CC(C)(C)NC(=O)C(=O)C(C[C@@H]1CCCNC1=O)NC(=O)C(Cc1ccccc1)NC(=O)c1cn2cc(Br)ccc2n1. The van der Waals surface area contributed by atoms with Crippen LogP contribution in [0.15, 0.2) is 59.3 Å². The normalized spacial score (nSPS) is 16.7. The van der Waals surface area contributed by atoms with Crippen molar-refractivity contribution in [2.75, 3.05) is 6.54 Å².